The molecule has 2 fully saturated rings. The van der Waals surface area contributed by atoms with E-state index in [1.165, 1.54) is 0 Å². The van der Waals surface area contributed by atoms with Gasteiger partial charge in [0.05, 0.1) is 6.10 Å². The average molecular weight is 291 g/mol. The molecule has 0 saturated carbocycles. The summed E-state index contributed by atoms with van der Waals surface area (Å²) in [6.07, 6.45) is 5.60. The van der Waals surface area contributed by atoms with Crippen molar-refractivity contribution >= 4 is 11.7 Å². The number of anilines is 1. The number of amides is 1. The van der Waals surface area contributed by atoms with Crippen LogP contribution in [0.15, 0.2) is 18.6 Å². The monoisotopic (exact) mass is 291 g/mol. The number of aromatic nitrogens is 2. The fraction of sp³-hybridized carbons (Fsp3) is 0.643. The second-order valence-electron chi connectivity index (χ2n) is 5.55. The Morgan fingerprint density at radius 1 is 1.43 bits per heavy atom. The van der Waals surface area contributed by atoms with E-state index in [1.54, 1.807) is 12.5 Å². The van der Waals surface area contributed by atoms with E-state index in [0.29, 0.717) is 12.6 Å². The Bertz CT molecular complexity index is 452. The summed E-state index contributed by atoms with van der Waals surface area (Å²) in [7, 11) is 0. The molecule has 7 heteroatoms. The first-order valence-electron chi connectivity index (χ1n) is 7.43. The highest BCUT2D eigenvalue weighted by Crippen LogP contribution is 2.15. The van der Waals surface area contributed by atoms with E-state index in [2.05, 4.69) is 25.5 Å². The molecule has 0 aliphatic carbocycles. The van der Waals surface area contributed by atoms with Crippen molar-refractivity contribution in [3.8, 4) is 0 Å². The standard InChI is InChI=1S/C14H21N5O2/c20-14-9-21-12(7-16-14)8-19-5-2-11(3-6-19)18-13-1-4-15-10-17-13/h1,4,10-12H,2-3,5-9H2,(H,16,20)(H,15,17,18). The maximum atomic E-state index is 11.0. The van der Waals surface area contributed by atoms with Crippen LogP contribution in [-0.2, 0) is 9.53 Å². The Morgan fingerprint density at radius 3 is 2.95 bits per heavy atom. The summed E-state index contributed by atoms with van der Waals surface area (Å²) in [6.45, 7) is 3.78. The Kier molecular flexibility index (Phi) is 4.62. The van der Waals surface area contributed by atoms with Gasteiger partial charge in [-0.2, -0.15) is 0 Å². The molecule has 1 unspecified atom stereocenters. The van der Waals surface area contributed by atoms with Crippen molar-refractivity contribution in [3.63, 3.8) is 0 Å². The van der Waals surface area contributed by atoms with Gasteiger partial charge in [-0.05, 0) is 18.9 Å². The smallest absolute Gasteiger partial charge is 0.246 e. The Hall–Kier alpha value is -1.73. The number of hydrogen-bond acceptors (Lipinski definition) is 6. The molecular formula is C14H21N5O2. The van der Waals surface area contributed by atoms with Crippen molar-refractivity contribution in [2.75, 3.05) is 38.1 Å². The molecule has 0 spiro atoms. The molecule has 1 aromatic rings. The fourth-order valence-corrected chi connectivity index (χ4v) is 2.78. The van der Waals surface area contributed by atoms with E-state index in [-0.39, 0.29) is 18.6 Å². The average Bonchev–Trinajstić information content (AvgIpc) is 2.53. The minimum Gasteiger partial charge on any atom is -0.367 e. The van der Waals surface area contributed by atoms with Gasteiger partial charge in [0, 0.05) is 38.4 Å². The number of carbonyl (C=O) groups is 1. The van der Waals surface area contributed by atoms with Crippen molar-refractivity contribution in [1.29, 1.82) is 0 Å². The van der Waals surface area contributed by atoms with E-state index >= 15 is 0 Å². The van der Waals surface area contributed by atoms with Gasteiger partial charge in [-0.15, -0.1) is 0 Å². The predicted molar refractivity (Wildman–Crippen MR) is 77.9 cm³/mol. The summed E-state index contributed by atoms with van der Waals surface area (Å²) < 4.78 is 5.53. The van der Waals surface area contributed by atoms with Gasteiger partial charge in [-0.25, -0.2) is 9.97 Å². The first kappa shape index (κ1) is 14.2. The van der Waals surface area contributed by atoms with Crippen LogP contribution in [0.5, 0.6) is 0 Å². The van der Waals surface area contributed by atoms with Crippen LogP contribution >= 0.6 is 0 Å². The van der Waals surface area contributed by atoms with Crippen LogP contribution in [-0.4, -0.2) is 65.7 Å². The van der Waals surface area contributed by atoms with E-state index in [1.807, 2.05) is 6.07 Å². The molecular weight excluding hydrogens is 270 g/mol. The lowest BCUT2D eigenvalue weighted by molar-refractivity contribution is -0.133. The third-order valence-corrected chi connectivity index (χ3v) is 3.96. The topological polar surface area (TPSA) is 79.4 Å². The molecule has 0 aromatic carbocycles. The number of rotatable bonds is 4. The number of piperidine rings is 1. The van der Waals surface area contributed by atoms with Crippen LogP contribution in [0.1, 0.15) is 12.8 Å². The Morgan fingerprint density at radius 2 is 2.29 bits per heavy atom. The Labute approximate surface area is 124 Å². The zero-order chi connectivity index (χ0) is 14.5. The SMILES string of the molecule is O=C1COC(CN2CCC(Nc3ccncn3)CC2)CN1. The van der Waals surface area contributed by atoms with Crippen LogP contribution in [0.3, 0.4) is 0 Å². The molecule has 114 valence electrons. The molecule has 0 bridgehead atoms. The van der Waals surface area contributed by atoms with Crippen molar-refractivity contribution < 1.29 is 9.53 Å². The molecule has 2 aliphatic heterocycles. The highest BCUT2D eigenvalue weighted by molar-refractivity contribution is 5.77. The van der Waals surface area contributed by atoms with Crippen LogP contribution in [0, 0.1) is 0 Å². The quantitative estimate of drug-likeness (QED) is 0.804. The van der Waals surface area contributed by atoms with Crippen molar-refractivity contribution in [2.45, 2.75) is 25.0 Å². The van der Waals surface area contributed by atoms with Crippen LogP contribution in [0.25, 0.3) is 0 Å². The summed E-state index contributed by atoms with van der Waals surface area (Å²) in [5.74, 6) is 0.876. The molecule has 0 radical (unpaired) electrons. The molecule has 2 N–H and O–H groups in total. The summed E-state index contributed by atoms with van der Waals surface area (Å²) in [5, 5.41) is 6.29. The first-order valence-corrected chi connectivity index (χ1v) is 7.43. The number of nitrogens with zero attached hydrogens (tertiary/aromatic N) is 3. The van der Waals surface area contributed by atoms with Gasteiger partial charge < -0.3 is 20.3 Å². The van der Waals surface area contributed by atoms with Gasteiger partial charge in [-0.3, -0.25) is 4.79 Å². The molecule has 2 aliphatic rings. The molecule has 3 heterocycles. The number of ether oxygens (including phenoxy) is 1. The summed E-state index contributed by atoms with van der Waals surface area (Å²) in [6, 6.07) is 2.36. The lowest BCUT2D eigenvalue weighted by Gasteiger charge is -2.35. The zero-order valence-corrected chi connectivity index (χ0v) is 12.0. The van der Waals surface area contributed by atoms with Crippen LogP contribution < -0.4 is 10.6 Å². The molecule has 1 aromatic heterocycles. The third kappa shape index (κ3) is 4.12. The van der Waals surface area contributed by atoms with Crippen molar-refractivity contribution in [1.82, 2.24) is 20.2 Å². The number of likely N-dealkylation sites (tertiary alicyclic amines) is 1. The maximum absolute atomic E-state index is 11.0. The van der Waals surface area contributed by atoms with E-state index < -0.39 is 0 Å². The number of morpholine rings is 1. The van der Waals surface area contributed by atoms with Gasteiger partial charge in [-0.1, -0.05) is 0 Å². The number of nitrogens with one attached hydrogen (secondary N) is 2. The normalized spacial score (nSPS) is 24.6. The first-order chi connectivity index (χ1) is 10.3. The maximum Gasteiger partial charge on any atom is 0.246 e. The van der Waals surface area contributed by atoms with Crippen molar-refractivity contribution in [3.05, 3.63) is 18.6 Å². The summed E-state index contributed by atoms with van der Waals surface area (Å²) in [4.78, 5) is 21.6. The molecule has 2 saturated heterocycles. The molecule has 1 amide bonds. The molecule has 21 heavy (non-hydrogen) atoms. The lowest BCUT2D eigenvalue weighted by Crippen LogP contribution is -2.50. The van der Waals surface area contributed by atoms with E-state index in [0.717, 1.165) is 38.3 Å². The van der Waals surface area contributed by atoms with Gasteiger partial charge in [0.2, 0.25) is 5.91 Å². The minimum atomic E-state index is -0.0148. The highest BCUT2D eigenvalue weighted by Gasteiger charge is 2.24. The zero-order valence-electron chi connectivity index (χ0n) is 12.0. The lowest BCUT2D eigenvalue weighted by atomic mass is 10.0. The second-order valence-corrected chi connectivity index (χ2v) is 5.55. The van der Waals surface area contributed by atoms with Crippen LogP contribution in [0.4, 0.5) is 5.82 Å². The molecule has 1 atom stereocenters. The predicted octanol–water partition coefficient (Wildman–Crippen LogP) is -0.132. The molecule has 3 rings (SSSR count). The van der Waals surface area contributed by atoms with Gasteiger partial charge in [0.15, 0.2) is 0 Å². The minimum absolute atomic E-state index is 0.0148. The largest absolute Gasteiger partial charge is 0.367 e. The highest BCUT2D eigenvalue weighted by atomic mass is 16.5. The second kappa shape index (κ2) is 6.82. The summed E-state index contributed by atoms with van der Waals surface area (Å²) >= 11 is 0. The summed E-state index contributed by atoms with van der Waals surface area (Å²) in [5.41, 5.74) is 0. The fourth-order valence-electron chi connectivity index (χ4n) is 2.78. The van der Waals surface area contributed by atoms with Crippen molar-refractivity contribution in [2.24, 2.45) is 0 Å². The number of carbonyl (C=O) groups excluding carboxylic acids is 1. The third-order valence-electron chi connectivity index (χ3n) is 3.96. The number of hydrogen-bond donors (Lipinski definition) is 2. The van der Waals surface area contributed by atoms with Gasteiger partial charge >= 0.3 is 0 Å². The van der Waals surface area contributed by atoms with Crippen LogP contribution in [0.2, 0.25) is 0 Å². The van der Waals surface area contributed by atoms with Gasteiger partial charge in [0.25, 0.3) is 0 Å². The van der Waals surface area contributed by atoms with E-state index in [9.17, 15) is 4.79 Å². The van der Waals surface area contributed by atoms with Gasteiger partial charge in [0.1, 0.15) is 18.8 Å². The molecule has 7 nitrogen and oxygen atoms in total. The Balaban J connectivity index is 1.40. The van der Waals surface area contributed by atoms with E-state index in [4.69, 9.17) is 4.74 Å².